The van der Waals surface area contributed by atoms with Crippen LogP contribution in [-0.4, -0.2) is 37.2 Å². The number of hydrogen-bond acceptors (Lipinski definition) is 4. The van der Waals surface area contributed by atoms with Crippen LogP contribution in [0.4, 0.5) is 27.6 Å². The van der Waals surface area contributed by atoms with Crippen LogP contribution in [0.2, 0.25) is 0 Å². The number of amides is 1. The number of anilines is 1. The number of alkyl halides is 3. The molecule has 41 heavy (non-hydrogen) atoms. The largest absolute Gasteiger partial charge is 0.419 e. The molecule has 0 unspecified atom stereocenters. The van der Waals surface area contributed by atoms with E-state index in [4.69, 9.17) is 0 Å². The highest BCUT2D eigenvalue weighted by molar-refractivity contribution is 9.10. The third-order valence-electron chi connectivity index (χ3n) is 6.82. The van der Waals surface area contributed by atoms with Gasteiger partial charge in [0.2, 0.25) is 10.0 Å². The number of benzene rings is 2. The fourth-order valence-corrected chi connectivity index (χ4v) is 5.96. The summed E-state index contributed by atoms with van der Waals surface area (Å²) >= 11 is 2.77. The molecule has 1 saturated carbocycles. The molecule has 2 aromatic heterocycles. The summed E-state index contributed by atoms with van der Waals surface area (Å²) < 4.78 is 97.8. The van der Waals surface area contributed by atoms with E-state index in [1.807, 2.05) is 0 Å². The number of sulfonamides is 1. The number of pyridine rings is 1. The number of aromatic nitrogens is 2. The summed E-state index contributed by atoms with van der Waals surface area (Å²) in [4.78, 5) is 13.0. The number of carbonyl (C=O) groups is 1. The lowest BCUT2D eigenvalue weighted by atomic mass is 10.0. The van der Waals surface area contributed by atoms with Crippen LogP contribution >= 0.6 is 15.9 Å². The van der Waals surface area contributed by atoms with Gasteiger partial charge in [0.25, 0.3) is 5.91 Å². The van der Waals surface area contributed by atoms with E-state index in [-0.39, 0.29) is 22.9 Å². The van der Waals surface area contributed by atoms with Gasteiger partial charge in [0.05, 0.1) is 45.8 Å². The molecular weight excluding hydrogens is 635 g/mol. The lowest BCUT2D eigenvalue weighted by molar-refractivity contribution is -0.140. The molecule has 0 atom stereocenters. The minimum atomic E-state index is -5.09. The maximum absolute atomic E-state index is 14.7. The summed E-state index contributed by atoms with van der Waals surface area (Å²) in [6.45, 7) is -0.808. The Morgan fingerprint density at radius 3 is 2.37 bits per heavy atom. The Kier molecular flexibility index (Phi) is 7.35. The fraction of sp³-hybridized carbons (Fsp3) is 0.259. The summed E-state index contributed by atoms with van der Waals surface area (Å²) in [7, 11) is -2.78. The van der Waals surface area contributed by atoms with Crippen LogP contribution < -0.4 is 9.62 Å². The molecule has 2 heterocycles. The molecule has 1 N–H and O–H groups in total. The topological polar surface area (TPSA) is 83.8 Å². The number of nitrogens with one attached hydrogen (secondary N) is 1. The molecule has 2 aromatic carbocycles. The Labute approximate surface area is 240 Å². The van der Waals surface area contributed by atoms with Crippen molar-refractivity contribution in [2.24, 2.45) is 0 Å². The Bertz CT molecular complexity index is 1790. The van der Waals surface area contributed by atoms with Gasteiger partial charge in [0.1, 0.15) is 17.3 Å². The summed E-state index contributed by atoms with van der Waals surface area (Å²) in [5.74, 6) is -2.66. The molecule has 0 radical (unpaired) electrons. The zero-order valence-corrected chi connectivity index (χ0v) is 24.0. The summed E-state index contributed by atoms with van der Waals surface area (Å²) in [5, 5.41) is 7.03. The fourth-order valence-electron chi connectivity index (χ4n) is 4.75. The molecule has 0 spiro atoms. The maximum Gasteiger partial charge on any atom is 0.419 e. The van der Waals surface area contributed by atoms with Crippen molar-refractivity contribution in [2.75, 3.05) is 17.6 Å². The quantitative estimate of drug-likeness (QED) is 0.238. The molecule has 0 saturated heterocycles. The Hall–Kier alpha value is -3.52. The second-order valence-corrected chi connectivity index (χ2v) is 12.5. The van der Waals surface area contributed by atoms with Gasteiger partial charge in [-0.05, 0) is 82.2 Å². The molecule has 5 rings (SSSR count). The van der Waals surface area contributed by atoms with Crippen LogP contribution in [0, 0.1) is 11.6 Å². The predicted octanol–water partition coefficient (Wildman–Crippen LogP) is 6.26. The van der Waals surface area contributed by atoms with Crippen LogP contribution in [0.3, 0.4) is 0 Å². The molecule has 1 aliphatic rings. The minimum Gasteiger partial charge on any atom is -0.355 e. The monoisotopic (exact) mass is 656 g/mol. The van der Waals surface area contributed by atoms with Crippen LogP contribution in [0.5, 0.6) is 0 Å². The number of hydrogen-bond donors (Lipinski definition) is 1. The average Bonchev–Trinajstić information content (AvgIpc) is 3.67. The number of rotatable bonds is 7. The van der Waals surface area contributed by atoms with E-state index in [2.05, 4.69) is 26.3 Å². The van der Waals surface area contributed by atoms with Crippen molar-refractivity contribution in [3.8, 4) is 11.3 Å². The maximum atomic E-state index is 14.7. The van der Waals surface area contributed by atoms with Crippen LogP contribution in [0.1, 0.15) is 45.8 Å². The number of fused-ring (bicyclic) bond motifs is 1. The smallest absolute Gasteiger partial charge is 0.355 e. The van der Waals surface area contributed by atoms with Gasteiger partial charge in [0.15, 0.2) is 0 Å². The third-order valence-corrected chi connectivity index (χ3v) is 8.56. The van der Waals surface area contributed by atoms with Crippen molar-refractivity contribution >= 4 is 43.1 Å². The van der Waals surface area contributed by atoms with Crippen LogP contribution in [0.25, 0.3) is 16.8 Å². The lowest BCUT2D eigenvalue weighted by Crippen LogP contribution is -2.32. The van der Waals surface area contributed by atoms with Crippen molar-refractivity contribution in [1.82, 2.24) is 14.9 Å². The van der Waals surface area contributed by atoms with E-state index in [1.54, 1.807) is 6.07 Å². The van der Waals surface area contributed by atoms with Gasteiger partial charge in [0, 0.05) is 12.6 Å². The summed E-state index contributed by atoms with van der Waals surface area (Å²) in [5.41, 5.74) is -0.508. The molecule has 4 aromatic rings. The molecule has 14 heteroatoms. The minimum absolute atomic E-state index is 0.0514. The van der Waals surface area contributed by atoms with Gasteiger partial charge >= 0.3 is 6.18 Å². The molecular formula is C27H22BrF5N4O3S. The first-order valence-electron chi connectivity index (χ1n) is 12.3. The van der Waals surface area contributed by atoms with Crippen molar-refractivity contribution < 1.29 is 35.2 Å². The summed E-state index contributed by atoms with van der Waals surface area (Å²) in [6.07, 6.45) is -1.53. The van der Waals surface area contributed by atoms with Gasteiger partial charge in [-0.1, -0.05) is 6.07 Å². The second kappa shape index (κ2) is 10.4. The van der Waals surface area contributed by atoms with E-state index >= 15 is 0 Å². The van der Waals surface area contributed by atoms with Crippen molar-refractivity contribution in [2.45, 2.75) is 31.5 Å². The Balaban J connectivity index is 1.74. The van der Waals surface area contributed by atoms with Crippen LogP contribution in [0.15, 0.2) is 53.1 Å². The first kappa shape index (κ1) is 29.0. The highest BCUT2D eigenvalue weighted by Crippen LogP contribution is 2.47. The Morgan fingerprint density at radius 2 is 1.80 bits per heavy atom. The summed E-state index contributed by atoms with van der Waals surface area (Å²) in [6, 6.07) is 9.00. The van der Waals surface area contributed by atoms with Crippen molar-refractivity contribution in [3.63, 3.8) is 0 Å². The average molecular weight is 657 g/mol. The van der Waals surface area contributed by atoms with Crippen molar-refractivity contribution in [3.05, 3.63) is 87.0 Å². The highest BCUT2D eigenvalue weighted by Gasteiger charge is 2.39. The third kappa shape index (κ3) is 5.54. The SMILES string of the molecule is CNC(=O)c1c(-c2ccc(F)cc2)nn2cc(N(Cc3ccc(Br)c(F)c3C(F)(F)F)S(C)(=O)=O)c(C3CC3)cc12. The number of halogens is 6. The van der Waals surface area contributed by atoms with Gasteiger partial charge in [-0.2, -0.15) is 18.3 Å². The normalized spacial score (nSPS) is 14.0. The van der Waals surface area contributed by atoms with E-state index < -0.39 is 55.9 Å². The van der Waals surface area contributed by atoms with Gasteiger partial charge in [-0.15, -0.1) is 0 Å². The zero-order chi connectivity index (χ0) is 29.9. The molecule has 7 nitrogen and oxygen atoms in total. The van der Waals surface area contributed by atoms with E-state index in [1.165, 1.54) is 42.0 Å². The van der Waals surface area contributed by atoms with E-state index in [9.17, 15) is 35.2 Å². The highest BCUT2D eigenvalue weighted by atomic mass is 79.9. The predicted molar refractivity (Wildman–Crippen MR) is 146 cm³/mol. The van der Waals surface area contributed by atoms with E-state index in [0.717, 1.165) is 22.7 Å². The molecule has 1 aliphatic carbocycles. The number of nitrogens with zero attached hydrogens (tertiary/aromatic N) is 3. The Morgan fingerprint density at radius 1 is 1.15 bits per heavy atom. The lowest BCUT2D eigenvalue weighted by Gasteiger charge is -2.27. The second-order valence-electron chi connectivity index (χ2n) is 9.69. The van der Waals surface area contributed by atoms with E-state index in [0.29, 0.717) is 29.5 Å². The van der Waals surface area contributed by atoms with Crippen LogP contribution in [-0.2, 0) is 22.7 Å². The van der Waals surface area contributed by atoms with Gasteiger partial charge in [-0.3, -0.25) is 9.10 Å². The van der Waals surface area contributed by atoms with Crippen molar-refractivity contribution in [1.29, 1.82) is 0 Å². The molecule has 1 amide bonds. The van der Waals surface area contributed by atoms with Gasteiger partial charge in [-0.25, -0.2) is 21.7 Å². The number of carbonyl (C=O) groups excluding carboxylic acids is 1. The first-order valence-corrected chi connectivity index (χ1v) is 14.9. The van der Waals surface area contributed by atoms with Gasteiger partial charge < -0.3 is 5.32 Å². The molecule has 216 valence electrons. The standard InChI is InChI=1S/C27H22BrF5N4O3S/c1-34-26(38)22-20-11-18(14-3-4-14)21(13-36(20)35-25(22)15-5-8-17(29)9-6-15)37(41(2,39)40)12-16-7-10-19(28)24(30)23(16)27(31,32)33/h5-11,13-14H,3-4,12H2,1-2H3,(H,34,38). The first-order chi connectivity index (χ1) is 19.2. The molecule has 0 aliphatic heterocycles. The molecule has 1 fully saturated rings. The molecule has 0 bridgehead atoms. The zero-order valence-electron chi connectivity index (χ0n) is 21.6.